The molecule has 0 aliphatic carbocycles. The molecule has 136 valence electrons. The van der Waals surface area contributed by atoms with Crippen molar-refractivity contribution in [3.8, 4) is 0 Å². The number of carbonyl (C=O) groups excluding carboxylic acids is 1. The summed E-state index contributed by atoms with van der Waals surface area (Å²) in [5, 5.41) is 3.28. The van der Waals surface area contributed by atoms with Crippen LogP contribution in [0.2, 0.25) is 0 Å². The number of carbonyl (C=O) groups is 1. The minimum atomic E-state index is -0.528. The maximum Gasteiger partial charge on any atom is 0.217 e. The van der Waals surface area contributed by atoms with Crippen LogP contribution in [0, 0.1) is 0 Å². The van der Waals surface area contributed by atoms with Crippen molar-refractivity contribution in [2.45, 2.75) is 31.8 Å². The van der Waals surface area contributed by atoms with E-state index in [0.717, 1.165) is 22.0 Å². The van der Waals surface area contributed by atoms with Crippen molar-refractivity contribution in [2.75, 3.05) is 21.1 Å². The zero-order valence-corrected chi connectivity index (χ0v) is 17.9. The number of rotatable bonds is 6. The average molecular weight is 452 g/mol. The number of benzene rings is 2. The molecule has 1 amide bonds. The van der Waals surface area contributed by atoms with Crippen molar-refractivity contribution in [1.29, 1.82) is 0 Å². The van der Waals surface area contributed by atoms with E-state index in [9.17, 15) is 4.79 Å². The number of hydrogen-bond donors (Lipinski definition) is 1. The standard InChI is InChI=1S/C21H28N2O.HI/c1-17(23(3,4)5)16-21(22-18(2)24,19-12-8-6-9-13-19)20-14-10-7-11-15-20;/h6-15,17H,16H2,1-5H3;1H. The van der Waals surface area contributed by atoms with Crippen LogP contribution in [0.4, 0.5) is 0 Å². The minimum Gasteiger partial charge on any atom is -1.00 e. The Morgan fingerprint density at radius 1 is 0.960 bits per heavy atom. The number of hydrogen-bond acceptors (Lipinski definition) is 1. The fraction of sp³-hybridized carbons (Fsp3) is 0.381. The highest BCUT2D eigenvalue weighted by Gasteiger charge is 2.39. The van der Waals surface area contributed by atoms with E-state index in [2.05, 4.69) is 57.6 Å². The van der Waals surface area contributed by atoms with Gasteiger partial charge in [0.1, 0.15) is 0 Å². The van der Waals surface area contributed by atoms with Gasteiger partial charge >= 0.3 is 0 Å². The maximum absolute atomic E-state index is 12.1. The van der Waals surface area contributed by atoms with Crippen LogP contribution in [0.3, 0.4) is 0 Å². The molecule has 0 saturated heterocycles. The van der Waals surface area contributed by atoms with Crippen LogP contribution >= 0.6 is 0 Å². The normalized spacial score (nSPS) is 12.8. The van der Waals surface area contributed by atoms with E-state index in [1.807, 2.05) is 36.4 Å². The molecule has 0 aliphatic heterocycles. The van der Waals surface area contributed by atoms with Crippen molar-refractivity contribution in [1.82, 2.24) is 5.32 Å². The Balaban J connectivity index is 0.00000312. The molecule has 0 aromatic heterocycles. The summed E-state index contributed by atoms with van der Waals surface area (Å²) in [6.07, 6.45) is 0.824. The van der Waals surface area contributed by atoms with Crippen molar-refractivity contribution in [3.05, 3.63) is 71.8 Å². The molecule has 25 heavy (non-hydrogen) atoms. The van der Waals surface area contributed by atoms with Crippen LogP contribution in [0.5, 0.6) is 0 Å². The van der Waals surface area contributed by atoms with Gasteiger partial charge in [0.2, 0.25) is 5.91 Å². The number of nitrogens with zero attached hydrogens (tertiary/aromatic N) is 1. The second kappa shape index (κ2) is 8.81. The van der Waals surface area contributed by atoms with Gasteiger partial charge in [0.05, 0.1) is 32.7 Å². The predicted molar refractivity (Wildman–Crippen MR) is 99.6 cm³/mol. The lowest BCUT2D eigenvalue weighted by molar-refractivity contribution is -0.894. The SMILES string of the molecule is CC(=O)NC(CC(C)[N+](C)(C)C)(c1ccccc1)c1ccccc1.[I-]. The van der Waals surface area contributed by atoms with Crippen LogP contribution in [-0.4, -0.2) is 37.6 Å². The second-order valence-electron chi connectivity index (χ2n) is 7.49. The first-order valence-electron chi connectivity index (χ1n) is 8.46. The summed E-state index contributed by atoms with van der Waals surface area (Å²) >= 11 is 0. The number of halogens is 1. The summed E-state index contributed by atoms with van der Waals surface area (Å²) in [6, 6.07) is 20.9. The van der Waals surface area contributed by atoms with E-state index in [1.54, 1.807) is 6.92 Å². The smallest absolute Gasteiger partial charge is 0.217 e. The summed E-state index contributed by atoms with van der Waals surface area (Å²) in [7, 11) is 6.58. The Morgan fingerprint density at radius 2 is 1.36 bits per heavy atom. The Bertz CT molecular complexity index is 626. The largest absolute Gasteiger partial charge is 1.00 e. The highest BCUT2D eigenvalue weighted by atomic mass is 127. The van der Waals surface area contributed by atoms with Gasteiger partial charge in [-0.2, -0.15) is 0 Å². The van der Waals surface area contributed by atoms with E-state index in [0.29, 0.717) is 6.04 Å². The summed E-state index contributed by atoms with van der Waals surface area (Å²) < 4.78 is 0.834. The lowest BCUT2D eigenvalue weighted by Crippen LogP contribution is -3.00. The van der Waals surface area contributed by atoms with Gasteiger partial charge in [0.15, 0.2) is 0 Å². The van der Waals surface area contributed by atoms with Gasteiger partial charge in [-0.25, -0.2) is 0 Å². The molecule has 1 N–H and O–H groups in total. The zero-order chi connectivity index (χ0) is 17.8. The van der Waals surface area contributed by atoms with E-state index in [-0.39, 0.29) is 29.9 Å². The zero-order valence-electron chi connectivity index (χ0n) is 15.8. The summed E-state index contributed by atoms with van der Waals surface area (Å²) in [6.45, 7) is 3.83. The summed E-state index contributed by atoms with van der Waals surface area (Å²) in [5.41, 5.74) is 1.71. The third-order valence-electron chi connectivity index (χ3n) is 4.85. The molecule has 2 aromatic rings. The van der Waals surface area contributed by atoms with Crippen LogP contribution in [0.15, 0.2) is 60.7 Å². The van der Waals surface area contributed by atoms with Crippen LogP contribution in [0.25, 0.3) is 0 Å². The molecule has 2 rings (SSSR count). The third-order valence-corrected chi connectivity index (χ3v) is 4.85. The van der Waals surface area contributed by atoms with Crippen molar-refractivity contribution in [3.63, 3.8) is 0 Å². The van der Waals surface area contributed by atoms with E-state index >= 15 is 0 Å². The Labute approximate surface area is 169 Å². The lowest BCUT2D eigenvalue weighted by Gasteiger charge is -2.41. The van der Waals surface area contributed by atoms with Gasteiger partial charge in [0, 0.05) is 13.3 Å². The highest BCUT2D eigenvalue weighted by molar-refractivity contribution is 5.75. The maximum atomic E-state index is 12.1. The van der Waals surface area contributed by atoms with Gasteiger partial charge in [-0.3, -0.25) is 4.79 Å². The van der Waals surface area contributed by atoms with Gasteiger partial charge in [-0.1, -0.05) is 60.7 Å². The first kappa shape index (κ1) is 21.6. The Kier molecular flexibility index (Phi) is 7.62. The predicted octanol–water partition coefficient (Wildman–Crippen LogP) is 0.555. The molecule has 1 atom stereocenters. The Hall–Kier alpha value is -1.40. The van der Waals surface area contributed by atoms with Crippen molar-refractivity contribution >= 4 is 5.91 Å². The molecular formula is C21H29IN2O. The molecule has 4 heteroatoms. The molecule has 0 saturated carbocycles. The first-order valence-corrected chi connectivity index (χ1v) is 8.46. The van der Waals surface area contributed by atoms with Gasteiger partial charge in [0.25, 0.3) is 0 Å². The molecule has 3 nitrogen and oxygen atoms in total. The van der Waals surface area contributed by atoms with Crippen molar-refractivity contribution < 1.29 is 33.3 Å². The fourth-order valence-corrected chi connectivity index (χ4v) is 3.06. The molecule has 2 aromatic carbocycles. The topological polar surface area (TPSA) is 29.1 Å². The van der Waals surface area contributed by atoms with Crippen LogP contribution in [-0.2, 0) is 10.3 Å². The van der Waals surface area contributed by atoms with Gasteiger partial charge < -0.3 is 33.8 Å². The molecule has 0 radical (unpaired) electrons. The number of nitrogens with one attached hydrogen (secondary N) is 1. The molecule has 0 bridgehead atoms. The van der Waals surface area contributed by atoms with Crippen LogP contribution < -0.4 is 29.3 Å². The summed E-state index contributed by atoms with van der Waals surface area (Å²) in [4.78, 5) is 12.1. The number of amides is 1. The average Bonchev–Trinajstić information content (AvgIpc) is 2.54. The summed E-state index contributed by atoms with van der Waals surface area (Å²) in [5.74, 6) is -0.0173. The molecule has 0 heterocycles. The minimum absolute atomic E-state index is 0. The molecular weight excluding hydrogens is 423 g/mol. The van der Waals surface area contributed by atoms with Gasteiger partial charge in [-0.15, -0.1) is 0 Å². The number of quaternary nitrogens is 1. The quantitative estimate of drug-likeness (QED) is 0.504. The first-order chi connectivity index (χ1) is 11.3. The van der Waals surface area contributed by atoms with Crippen molar-refractivity contribution in [2.24, 2.45) is 0 Å². The van der Waals surface area contributed by atoms with E-state index < -0.39 is 5.54 Å². The third kappa shape index (κ3) is 5.28. The Morgan fingerprint density at radius 3 is 1.68 bits per heavy atom. The molecule has 0 fully saturated rings. The fourth-order valence-electron chi connectivity index (χ4n) is 3.06. The molecule has 0 spiro atoms. The van der Waals surface area contributed by atoms with E-state index in [1.165, 1.54) is 0 Å². The second-order valence-corrected chi connectivity index (χ2v) is 7.49. The molecule has 1 unspecified atom stereocenters. The molecule has 0 aliphatic rings. The lowest BCUT2D eigenvalue weighted by atomic mass is 9.77. The highest BCUT2D eigenvalue weighted by Crippen LogP contribution is 2.35. The van der Waals surface area contributed by atoms with Crippen LogP contribution in [0.1, 0.15) is 31.4 Å². The van der Waals surface area contributed by atoms with Gasteiger partial charge in [-0.05, 0) is 18.1 Å². The monoisotopic (exact) mass is 452 g/mol. The van der Waals surface area contributed by atoms with E-state index in [4.69, 9.17) is 0 Å².